The molecule has 10 nitrogen and oxygen atoms in total. The largest absolute Gasteiger partial charge is 0.493 e. The first-order valence-corrected chi connectivity index (χ1v) is 18.4. The van der Waals surface area contributed by atoms with E-state index < -0.39 is 17.1 Å². The minimum atomic E-state index is -0.637. The number of nitrogens with zero attached hydrogens (tertiary/aromatic N) is 1. The Balaban J connectivity index is 1.25. The number of carbonyl (C=O) groups excluding carboxylic acids is 3. The predicted molar refractivity (Wildman–Crippen MR) is 214 cm³/mol. The number of nitrogens with one attached hydrogen (secondary N) is 3. The Hall–Kier alpha value is -6.37. The van der Waals surface area contributed by atoms with Crippen LogP contribution in [0.5, 0.6) is 17.2 Å². The number of rotatable bonds is 14. The average molecular weight is 757 g/mol. The van der Waals surface area contributed by atoms with Crippen molar-refractivity contribution < 1.29 is 28.6 Å². The summed E-state index contributed by atoms with van der Waals surface area (Å²) in [6.45, 7) is 0. The number of amides is 3. The summed E-state index contributed by atoms with van der Waals surface area (Å²) in [6.07, 6.45) is 1.52. The van der Waals surface area contributed by atoms with Crippen molar-refractivity contribution in [3.05, 3.63) is 155 Å². The molecular weight excluding hydrogens is 721 g/mol. The molecule has 0 bridgehead atoms. The van der Waals surface area contributed by atoms with Gasteiger partial charge in [-0.05, 0) is 59.7 Å². The number of hydrogen-bond acceptors (Lipinski definition) is 9. The third-order valence-corrected chi connectivity index (χ3v) is 10.0. The fraction of sp³-hybridized carbons (Fsp3) is 0.0952. The van der Waals surface area contributed by atoms with Gasteiger partial charge in [0.1, 0.15) is 10.9 Å². The Kier molecular flexibility index (Phi) is 12.4. The second-order valence-corrected chi connectivity index (χ2v) is 13.7. The van der Waals surface area contributed by atoms with Crippen LogP contribution in [0.25, 0.3) is 17.3 Å². The molecule has 1 atom stereocenters. The van der Waals surface area contributed by atoms with E-state index in [4.69, 9.17) is 14.2 Å². The molecule has 0 aliphatic rings. The number of benzene rings is 5. The summed E-state index contributed by atoms with van der Waals surface area (Å²) >= 11 is 2.69. The highest BCUT2D eigenvalue weighted by atomic mass is 32.2. The highest BCUT2D eigenvalue weighted by Crippen LogP contribution is 2.40. The van der Waals surface area contributed by atoms with Crippen LogP contribution >= 0.6 is 23.1 Å². The van der Waals surface area contributed by atoms with Gasteiger partial charge in [-0.2, -0.15) is 0 Å². The van der Waals surface area contributed by atoms with Gasteiger partial charge in [0.2, 0.25) is 11.7 Å². The lowest BCUT2D eigenvalue weighted by molar-refractivity contribution is -0.116. The molecule has 0 fully saturated rings. The lowest BCUT2D eigenvalue weighted by Crippen LogP contribution is -2.30. The number of carbonyl (C=O) groups is 3. The first kappa shape index (κ1) is 37.4. The molecule has 3 amide bonds. The second-order valence-electron chi connectivity index (χ2n) is 11.6. The molecule has 3 N–H and O–H groups in total. The van der Waals surface area contributed by atoms with Crippen molar-refractivity contribution in [3.63, 3.8) is 0 Å². The third kappa shape index (κ3) is 9.34. The quantitative estimate of drug-likeness (QED) is 0.0744. The van der Waals surface area contributed by atoms with Crippen LogP contribution in [-0.4, -0.2) is 44.0 Å². The SMILES string of the molecule is COc1cc(/C=C(/NC(=O)c2ccccc2)C(=O)Nc2cccc(SC(C(=O)Nc3nc(-c4ccccc4)cs3)c3ccccc3)c2)cc(OC)c1OC. The Bertz CT molecular complexity index is 2240. The van der Waals surface area contributed by atoms with Crippen LogP contribution in [0.3, 0.4) is 0 Å². The van der Waals surface area contributed by atoms with Crippen LogP contribution in [-0.2, 0) is 9.59 Å². The van der Waals surface area contributed by atoms with E-state index in [1.54, 1.807) is 60.7 Å². The van der Waals surface area contributed by atoms with Gasteiger partial charge in [-0.25, -0.2) is 4.98 Å². The van der Waals surface area contributed by atoms with Gasteiger partial charge >= 0.3 is 0 Å². The molecule has 0 saturated carbocycles. The van der Waals surface area contributed by atoms with Crippen molar-refractivity contribution in [1.82, 2.24) is 10.3 Å². The van der Waals surface area contributed by atoms with Crippen LogP contribution in [0.4, 0.5) is 10.8 Å². The molecule has 6 rings (SSSR count). The smallest absolute Gasteiger partial charge is 0.272 e. The van der Waals surface area contributed by atoms with Gasteiger partial charge < -0.3 is 30.2 Å². The molecule has 1 aromatic heterocycles. The van der Waals surface area contributed by atoms with Gasteiger partial charge in [0.05, 0.1) is 27.0 Å². The van der Waals surface area contributed by atoms with Crippen molar-refractivity contribution in [2.75, 3.05) is 32.0 Å². The van der Waals surface area contributed by atoms with Crippen LogP contribution in [0, 0.1) is 0 Å². The summed E-state index contributed by atoms with van der Waals surface area (Å²) in [7, 11) is 4.49. The highest BCUT2D eigenvalue weighted by Gasteiger charge is 2.24. The molecule has 5 aromatic carbocycles. The van der Waals surface area contributed by atoms with E-state index in [1.165, 1.54) is 50.5 Å². The summed E-state index contributed by atoms with van der Waals surface area (Å²) in [4.78, 5) is 46.4. The average Bonchev–Trinajstić information content (AvgIpc) is 3.68. The topological polar surface area (TPSA) is 128 Å². The summed E-state index contributed by atoms with van der Waals surface area (Å²) < 4.78 is 16.4. The maximum absolute atomic E-state index is 13.9. The van der Waals surface area contributed by atoms with Crippen LogP contribution in [0.2, 0.25) is 0 Å². The van der Waals surface area contributed by atoms with Crippen molar-refractivity contribution in [1.29, 1.82) is 0 Å². The molecule has 12 heteroatoms. The van der Waals surface area contributed by atoms with E-state index in [-0.39, 0.29) is 11.6 Å². The molecule has 0 aliphatic carbocycles. The summed E-state index contributed by atoms with van der Waals surface area (Å²) in [5, 5.41) is 10.4. The molecule has 1 heterocycles. The zero-order valence-electron chi connectivity index (χ0n) is 29.6. The Labute approximate surface area is 321 Å². The number of thioether (sulfide) groups is 1. The third-order valence-electron chi connectivity index (χ3n) is 8.02. The number of hydrogen-bond donors (Lipinski definition) is 3. The Morgan fingerprint density at radius 2 is 1.39 bits per heavy atom. The number of anilines is 2. The Morgan fingerprint density at radius 1 is 0.741 bits per heavy atom. The number of ether oxygens (including phenoxy) is 3. The molecule has 54 heavy (non-hydrogen) atoms. The second kappa shape index (κ2) is 17.9. The summed E-state index contributed by atoms with van der Waals surface area (Å²) in [5.41, 5.74) is 3.85. The molecule has 6 aromatic rings. The molecular formula is C42H36N4O6S2. The minimum Gasteiger partial charge on any atom is -0.493 e. The van der Waals surface area contributed by atoms with Gasteiger partial charge in [0, 0.05) is 27.1 Å². The minimum absolute atomic E-state index is 0.0314. The van der Waals surface area contributed by atoms with Crippen LogP contribution in [0.15, 0.2) is 143 Å². The maximum Gasteiger partial charge on any atom is 0.272 e. The highest BCUT2D eigenvalue weighted by molar-refractivity contribution is 8.00. The molecule has 272 valence electrons. The number of aromatic nitrogens is 1. The number of methoxy groups -OCH3 is 3. The molecule has 0 saturated heterocycles. The van der Waals surface area contributed by atoms with Crippen molar-refractivity contribution in [2.45, 2.75) is 10.1 Å². The van der Waals surface area contributed by atoms with E-state index in [9.17, 15) is 14.4 Å². The van der Waals surface area contributed by atoms with E-state index in [0.717, 1.165) is 21.7 Å². The lowest BCUT2D eigenvalue weighted by atomic mass is 10.1. The fourth-order valence-corrected chi connectivity index (χ4v) is 7.23. The first-order chi connectivity index (χ1) is 26.3. The van der Waals surface area contributed by atoms with Gasteiger partial charge in [0.15, 0.2) is 16.6 Å². The van der Waals surface area contributed by atoms with Gasteiger partial charge in [-0.3, -0.25) is 14.4 Å². The van der Waals surface area contributed by atoms with Crippen molar-refractivity contribution in [3.8, 4) is 28.5 Å². The standard InChI is InChI=1S/C42H36N4O6S2/c1-50-35-23-27(24-36(51-2)37(35)52-3)22-33(44-39(47)30-18-11-6-12-19-30)40(48)43-31-20-13-21-32(25-31)54-38(29-16-9-5-10-17-29)41(49)46-42-45-34(26-53-42)28-14-7-4-8-15-28/h4-26,38H,1-3H3,(H,43,48)(H,44,47)(H,45,46,49)/b33-22+. The van der Waals surface area contributed by atoms with E-state index in [1.807, 2.05) is 72.1 Å². The van der Waals surface area contributed by atoms with Crippen LogP contribution < -0.4 is 30.2 Å². The van der Waals surface area contributed by atoms with Crippen LogP contribution in [0.1, 0.15) is 26.7 Å². The summed E-state index contributed by atoms with van der Waals surface area (Å²) in [6, 6.07) is 38.3. The summed E-state index contributed by atoms with van der Waals surface area (Å²) in [5.74, 6) is -0.145. The van der Waals surface area contributed by atoms with E-state index in [0.29, 0.717) is 39.2 Å². The first-order valence-electron chi connectivity index (χ1n) is 16.7. The Morgan fingerprint density at radius 3 is 2.04 bits per heavy atom. The molecule has 1 unspecified atom stereocenters. The van der Waals surface area contributed by atoms with Gasteiger partial charge in [0.25, 0.3) is 11.8 Å². The molecule has 0 spiro atoms. The monoisotopic (exact) mass is 756 g/mol. The molecule has 0 radical (unpaired) electrons. The number of thiazole rings is 1. The van der Waals surface area contributed by atoms with E-state index >= 15 is 0 Å². The maximum atomic E-state index is 13.9. The zero-order chi connectivity index (χ0) is 37.9. The van der Waals surface area contributed by atoms with Gasteiger partial charge in [-0.1, -0.05) is 84.9 Å². The fourth-order valence-electron chi connectivity index (χ4n) is 5.42. The van der Waals surface area contributed by atoms with Crippen molar-refractivity contribution in [2.24, 2.45) is 0 Å². The lowest BCUT2D eigenvalue weighted by Gasteiger charge is -2.17. The predicted octanol–water partition coefficient (Wildman–Crippen LogP) is 8.72. The molecule has 0 aliphatic heterocycles. The van der Waals surface area contributed by atoms with Crippen molar-refractivity contribution >= 4 is 57.7 Å². The zero-order valence-corrected chi connectivity index (χ0v) is 31.2. The van der Waals surface area contributed by atoms with Gasteiger partial charge in [-0.15, -0.1) is 23.1 Å². The normalized spacial score (nSPS) is 11.6. The van der Waals surface area contributed by atoms with E-state index in [2.05, 4.69) is 20.9 Å².